The third kappa shape index (κ3) is 5.88. The van der Waals surface area contributed by atoms with Crippen LogP contribution in [0.15, 0.2) is 39.8 Å². The van der Waals surface area contributed by atoms with Crippen molar-refractivity contribution in [2.24, 2.45) is 5.92 Å². The Kier molecular flexibility index (Phi) is 7.73. The molecule has 1 saturated heterocycles. The van der Waals surface area contributed by atoms with Crippen molar-refractivity contribution >= 4 is 41.1 Å². The van der Waals surface area contributed by atoms with E-state index in [0.29, 0.717) is 12.2 Å². The molecule has 1 N–H and O–H groups in total. The highest BCUT2D eigenvalue weighted by atomic mass is 32.2. The lowest BCUT2D eigenvalue weighted by Gasteiger charge is -2.19. The number of thioether (sulfide) groups is 1. The predicted octanol–water partition coefficient (Wildman–Crippen LogP) is 3.80. The maximum atomic E-state index is 12.8. The van der Waals surface area contributed by atoms with Crippen molar-refractivity contribution in [3.63, 3.8) is 0 Å². The number of hydrogen-bond acceptors (Lipinski definition) is 7. The van der Waals surface area contributed by atoms with Crippen LogP contribution in [0.1, 0.15) is 38.4 Å². The zero-order valence-corrected chi connectivity index (χ0v) is 18.7. The van der Waals surface area contributed by atoms with E-state index in [1.807, 2.05) is 37.4 Å². The van der Waals surface area contributed by atoms with Gasteiger partial charge in [-0.3, -0.25) is 14.4 Å². The van der Waals surface area contributed by atoms with Crippen LogP contribution in [0.25, 0.3) is 0 Å². The van der Waals surface area contributed by atoms with Crippen LogP contribution < -0.4 is 10.2 Å². The molecule has 0 radical (unpaired) electrons. The minimum absolute atomic E-state index is 0.0632. The number of ether oxygens (including phenoxy) is 1. The van der Waals surface area contributed by atoms with Crippen LogP contribution in [0.2, 0.25) is 0 Å². The Hall–Kier alpha value is -2.81. The van der Waals surface area contributed by atoms with Crippen LogP contribution in [0.4, 0.5) is 11.5 Å². The molecule has 166 valence electrons. The van der Waals surface area contributed by atoms with E-state index in [0.717, 1.165) is 23.4 Å². The summed E-state index contributed by atoms with van der Waals surface area (Å²) in [4.78, 5) is 40.6. The summed E-state index contributed by atoms with van der Waals surface area (Å²) in [7, 11) is 0. The number of hydrogen-bond donors (Lipinski definition) is 1. The van der Waals surface area contributed by atoms with Gasteiger partial charge >= 0.3 is 5.97 Å². The number of nitrogens with one attached hydrogen (secondary N) is 1. The number of nitrogens with zero attached hydrogens (tertiary/aromatic N) is 2. The summed E-state index contributed by atoms with van der Waals surface area (Å²) in [6.45, 7) is 3.95. The van der Waals surface area contributed by atoms with Gasteiger partial charge in [-0.25, -0.2) is 0 Å². The van der Waals surface area contributed by atoms with Crippen LogP contribution in [-0.4, -0.2) is 41.8 Å². The summed E-state index contributed by atoms with van der Waals surface area (Å²) in [5, 5.41) is 6.36. The SMILES string of the molecule is CCCCC(OC(=O)C1CC(=O)N(c2ccc(SC)cc2)C1)C(=O)Nc1cc(C)on1. The van der Waals surface area contributed by atoms with Gasteiger partial charge in [-0.2, -0.15) is 0 Å². The molecule has 1 aliphatic heterocycles. The molecule has 2 amide bonds. The quantitative estimate of drug-likeness (QED) is 0.463. The summed E-state index contributed by atoms with van der Waals surface area (Å²) in [5.41, 5.74) is 0.750. The molecular formula is C22H27N3O5S. The van der Waals surface area contributed by atoms with Gasteiger partial charge in [0.25, 0.3) is 5.91 Å². The normalized spacial score (nSPS) is 16.9. The Morgan fingerprint density at radius 1 is 1.35 bits per heavy atom. The molecule has 1 aromatic carbocycles. The molecule has 9 heteroatoms. The smallest absolute Gasteiger partial charge is 0.312 e. The summed E-state index contributed by atoms with van der Waals surface area (Å²) in [5.74, 6) is -0.901. The van der Waals surface area contributed by atoms with Gasteiger partial charge in [0.1, 0.15) is 5.76 Å². The van der Waals surface area contributed by atoms with Crippen molar-refractivity contribution in [1.82, 2.24) is 5.16 Å². The summed E-state index contributed by atoms with van der Waals surface area (Å²) < 4.78 is 10.5. The Bertz CT molecular complexity index is 927. The van der Waals surface area contributed by atoms with Gasteiger partial charge in [0.15, 0.2) is 11.9 Å². The van der Waals surface area contributed by atoms with E-state index in [2.05, 4.69) is 10.5 Å². The fraction of sp³-hybridized carbons (Fsp3) is 0.455. The van der Waals surface area contributed by atoms with E-state index in [1.165, 1.54) is 0 Å². The number of rotatable bonds is 9. The van der Waals surface area contributed by atoms with Crippen molar-refractivity contribution in [2.75, 3.05) is 23.0 Å². The Labute approximate surface area is 185 Å². The predicted molar refractivity (Wildman–Crippen MR) is 118 cm³/mol. The zero-order valence-electron chi connectivity index (χ0n) is 17.9. The molecule has 1 fully saturated rings. The molecule has 2 aromatic rings. The van der Waals surface area contributed by atoms with Crippen LogP contribution in [0, 0.1) is 12.8 Å². The standard InChI is InChI=1S/C22H27N3O5S/c1-4-5-6-18(21(27)23-19-11-14(2)30-24-19)29-22(28)15-12-20(26)25(13-15)16-7-9-17(31-3)10-8-16/h7-11,15,18H,4-6,12-13H2,1-3H3,(H,23,24,27). The van der Waals surface area contributed by atoms with E-state index in [1.54, 1.807) is 29.7 Å². The van der Waals surface area contributed by atoms with Gasteiger partial charge in [0.05, 0.1) is 5.92 Å². The van der Waals surface area contributed by atoms with E-state index in [-0.39, 0.29) is 24.7 Å². The minimum Gasteiger partial charge on any atom is -0.452 e. The van der Waals surface area contributed by atoms with Gasteiger partial charge in [-0.05, 0) is 50.3 Å². The largest absolute Gasteiger partial charge is 0.452 e. The topological polar surface area (TPSA) is 102 Å². The van der Waals surface area contributed by atoms with Crippen LogP contribution in [-0.2, 0) is 19.1 Å². The molecule has 3 rings (SSSR count). The fourth-order valence-corrected chi connectivity index (χ4v) is 3.79. The second kappa shape index (κ2) is 10.5. The minimum atomic E-state index is -0.950. The van der Waals surface area contributed by atoms with Gasteiger partial charge < -0.3 is 19.5 Å². The molecule has 0 saturated carbocycles. The number of carbonyl (C=O) groups is 3. The average Bonchev–Trinajstić information content (AvgIpc) is 3.36. The number of aromatic nitrogens is 1. The molecule has 1 aromatic heterocycles. The first kappa shape index (κ1) is 22.9. The molecule has 8 nitrogen and oxygen atoms in total. The van der Waals surface area contributed by atoms with Crippen molar-refractivity contribution < 1.29 is 23.6 Å². The maximum absolute atomic E-state index is 12.8. The highest BCUT2D eigenvalue weighted by Crippen LogP contribution is 2.28. The lowest BCUT2D eigenvalue weighted by molar-refractivity contribution is -0.158. The van der Waals surface area contributed by atoms with Crippen molar-refractivity contribution in [3.05, 3.63) is 36.1 Å². The van der Waals surface area contributed by atoms with Crippen molar-refractivity contribution in [2.45, 2.75) is 50.5 Å². The first-order valence-corrected chi connectivity index (χ1v) is 11.5. The monoisotopic (exact) mass is 445 g/mol. The molecular weight excluding hydrogens is 418 g/mol. The fourth-order valence-electron chi connectivity index (χ4n) is 3.38. The Morgan fingerprint density at radius 3 is 2.71 bits per heavy atom. The highest BCUT2D eigenvalue weighted by Gasteiger charge is 2.38. The number of amides is 2. The second-order valence-electron chi connectivity index (χ2n) is 7.48. The number of esters is 1. The van der Waals surface area contributed by atoms with Gasteiger partial charge in [-0.1, -0.05) is 18.5 Å². The number of aryl methyl sites for hydroxylation is 1. The van der Waals surface area contributed by atoms with Crippen molar-refractivity contribution in [1.29, 1.82) is 0 Å². The van der Waals surface area contributed by atoms with Gasteiger partial charge in [-0.15, -0.1) is 11.8 Å². The van der Waals surface area contributed by atoms with E-state index >= 15 is 0 Å². The molecule has 2 heterocycles. The molecule has 0 aliphatic carbocycles. The third-order valence-electron chi connectivity index (χ3n) is 5.09. The first-order valence-electron chi connectivity index (χ1n) is 10.3. The summed E-state index contributed by atoms with van der Waals surface area (Å²) in [6, 6.07) is 9.21. The molecule has 0 spiro atoms. The molecule has 1 aliphatic rings. The van der Waals surface area contributed by atoms with Gasteiger partial charge in [0.2, 0.25) is 5.91 Å². The maximum Gasteiger partial charge on any atom is 0.312 e. The van der Waals surface area contributed by atoms with Crippen LogP contribution >= 0.6 is 11.8 Å². The second-order valence-corrected chi connectivity index (χ2v) is 8.36. The van der Waals surface area contributed by atoms with Crippen LogP contribution in [0.3, 0.4) is 0 Å². The number of anilines is 2. The number of benzene rings is 1. The lowest BCUT2D eigenvalue weighted by Crippen LogP contribution is -2.35. The highest BCUT2D eigenvalue weighted by molar-refractivity contribution is 7.98. The summed E-state index contributed by atoms with van der Waals surface area (Å²) in [6.07, 6.45) is 3.07. The third-order valence-corrected chi connectivity index (χ3v) is 5.84. The van der Waals surface area contributed by atoms with E-state index < -0.39 is 23.9 Å². The van der Waals surface area contributed by atoms with Crippen LogP contribution in [0.5, 0.6) is 0 Å². The molecule has 31 heavy (non-hydrogen) atoms. The Morgan fingerprint density at radius 2 is 2.10 bits per heavy atom. The average molecular weight is 446 g/mol. The Balaban J connectivity index is 1.63. The van der Waals surface area contributed by atoms with Crippen molar-refractivity contribution in [3.8, 4) is 0 Å². The molecule has 2 unspecified atom stereocenters. The number of unbranched alkanes of at least 4 members (excludes halogenated alkanes) is 1. The van der Waals surface area contributed by atoms with E-state index in [9.17, 15) is 14.4 Å². The number of carbonyl (C=O) groups excluding carboxylic acids is 3. The molecule has 0 bridgehead atoms. The van der Waals surface area contributed by atoms with E-state index in [4.69, 9.17) is 9.26 Å². The lowest BCUT2D eigenvalue weighted by atomic mass is 10.1. The summed E-state index contributed by atoms with van der Waals surface area (Å²) >= 11 is 1.62. The molecule has 2 atom stereocenters. The van der Waals surface area contributed by atoms with Gasteiger partial charge in [0, 0.05) is 29.6 Å². The first-order chi connectivity index (χ1) is 14.9. The zero-order chi connectivity index (χ0) is 22.4.